The van der Waals surface area contributed by atoms with E-state index in [1.807, 2.05) is 0 Å². The molecule has 0 aromatic rings. The Bertz CT molecular complexity index is 350. The van der Waals surface area contributed by atoms with E-state index >= 15 is 0 Å². The summed E-state index contributed by atoms with van der Waals surface area (Å²) < 4.78 is 32.9. The van der Waals surface area contributed by atoms with Crippen molar-refractivity contribution in [2.75, 3.05) is 25.7 Å². The van der Waals surface area contributed by atoms with Crippen molar-refractivity contribution in [3.8, 4) is 0 Å². The summed E-state index contributed by atoms with van der Waals surface area (Å²) in [7, 11) is -0.695. The molecule has 6 nitrogen and oxygen atoms in total. The first-order valence-corrected chi connectivity index (χ1v) is 7.04. The minimum Gasteiger partial charge on any atom is -0.469 e. The Morgan fingerprint density at radius 3 is 2.29 bits per heavy atom. The minimum atomic E-state index is -3.39. The maximum atomic E-state index is 11.7. The number of carbonyl (C=O) groups is 1. The summed E-state index contributed by atoms with van der Waals surface area (Å²) in [4.78, 5) is 10.9. The van der Waals surface area contributed by atoms with E-state index in [0.29, 0.717) is 0 Å². The molecule has 0 saturated heterocycles. The topological polar surface area (TPSA) is 95.7 Å². The van der Waals surface area contributed by atoms with Gasteiger partial charge < -0.3 is 15.2 Å². The Kier molecular flexibility index (Phi) is 6.08. The molecule has 0 aliphatic carbocycles. The summed E-state index contributed by atoms with van der Waals surface area (Å²) in [6, 6.07) is -0.643. The van der Waals surface area contributed by atoms with E-state index in [2.05, 4.69) is 4.74 Å². The number of ether oxygens (including phenoxy) is 2. The molecule has 17 heavy (non-hydrogen) atoms. The van der Waals surface area contributed by atoms with Crippen molar-refractivity contribution in [2.24, 2.45) is 5.73 Å². The van der Waals surface area contributed by atoms with Gasteiger partial charge in [-0.3, -0.25) is 4.79 Å². The predicted molar refractivity (Wildman–Crippen MR) is 64.4 cm³/mol. The van der Waals surface area contributed by atoms with Crippen LogP contribution in [-0.2, 0) is 24.1 Å². The first-order valence-electron chi connectivity index (χ1n) is 5.22. The van der Waals surface area contributed by atoms with Gasteiger partial charge in [-0.25, -0.2) is 8.42 Å². The third kappa shape index (κ3) is 5.99. The van der Waals surface area contributed by atoms with Gasteiger partial charge in [-0.2, -0.15) is 0 Å². The van der Waals surface area contributed by atoms with Crippen molar-refractivity contribution in [1.82, 2.24) is 0 Å². The van der Waals surface area contributed by atoms with E-state index in [1.165, 1.54) is 14.2 Å². The number of hydrogen-bond acceptors (Lipinski definition) is 6. The van der Waals surface area contributed by atoms with Crippen LogP contribution in [-0.4, -0.2) is 51.8 Å². The summed E-state index contributed by atoms with van der Waals surface area (Å²) in [6.45, 7) is 3.43. The maximum Gasteiger partial charge on any atom is 0.306 e. The lowest BCUT2D eigenvalue weighted by molar-refractivity contribution is -0.140. The van der Waals surface area contributed by atoms with Crippen molar-refractivity contribution >= 4 is 15.8 Å². The molecular formula is C10H21NO5S. The number of methoxy groups -OCH3 is 2. The van der Waals surface area contributed by atoms with Crippen molar-refractivity contribution in [2.45, 2.75) is 31.9 Å². The van der Waals surface area contributed by atoms with Gasteiger partial charge in [0.05, 0.1) is 30.6 Å². The molecule has 0 amide bonds. The number of nitrogens with two attached hydrogens (primary N) is 1. The van der Waals surface area contributed by atoms with Gasteiger partial charge in [-0.05, 0) is 13.8 Å². The number of sulfone groups is 1. The van der Waals surface area contributed by atoms with Crippen molar-refractivity contribution in [3.63, 3.8) is 0 Å². The second kappa shape index (κ2) is 6.32. The average Bonchev–Trinajstić information content (AvgIpc) is 2.25. The Hall–Kier alpha value is -0.660. The summed E-state index contributed by atoms with van der Waals surface area (Å²) in [5.41, 5.74) is 5.04. The lowest BCUT2D eigenvalue weighted by Gasteiger charge is -2.29. The van der Waals surface area contributed by atoms with Crippen LogP contribution in [0.25, 0.3) is 0 Å². The molecular weight excluding hydrogens is 246 g/mol. The highest BCUT2D eigenvalue weighted by Crippen LogP contribution is 2.14. The molecule has 0 aromatic carbocycles. The molecule has 0 aliphatic rings. The van der Waals surface area contributed by atoms with Gasteiger partial charge in [0.1, 0.15) is 0 Å². The molecule has 0 bridgehead atoms. The zero-order valence-electron chi connectivity index (χ0n) is 10.7. The number of carbonyl (C=O) groups excluding carboxylic acids is 1. The molecule has 0 aromatic heterocycles. The van der Waals surface area contributed by atoms with Gasteiger partial charge in [0, 0.05) is 13.2 Å². The molecule has 0 saturated carbocycles. The van der Waals surface area contributed by atoms with Crippen LogP contribution < -0.4 is 5.73 Å². The van der Waals surface area contributed by atoms with Gasteiger partial charge in [-0.15, -0.1) is 0 Å². The van der Waals surface area contributed by atoms with Crippen LogP contribution in [0.5, 0.6) is 0 Å². The lowest BCUT2D eigenvalue weighted by Crippen LogP contribution is -2.49. The van der Waals surface area contributed by atoms with Gasteiger partial charge in [0.2, 0.25) is 0 Å². The van der Waals surface area contributed by atoms with Gasteiger partial charge in [0.15, 0.2) is 9.84 Å². The molecule has 1 unspecified atom stereocenters. The summed E-state index contributed by atoms with van der Waals surface area (Å²) in [5, 5.41) is 0. The fourth-order valence-electron chi connectivity index (χ4n) is 1.05. The highest BCUT2D eigenvalue weighted by Gasteiger charge is 2.30. The number of rotatable bonds is 7. The summed E-state index contributed by atoms with van der Waals surface area (Å²) in [6.07, 6.45) is -0.154. The van der Waals surface area contributed by atoms with Gasteiger partial charge in [-0.1, -0.05) is 0 Å². The maximum absolute atomic E-state index is 11.7. The average molecular weight is 267 g/mol. The van der Waals surface area contributed by atoms with Gasteiger partial charge >= 0.3 is 5.97 Å². The molecule has 0 rings (SSSR count). The van der Waals surface area contributed by atoms with Crippen LogP contribution in [0.4, 0.5) is 0 Å². The van der Waals surface area contributed by atoms with Crippen LogP contribution in [0.3, 0.4) is 0 Å². The van der Waals surface area contributed by atoms with Crippen LogP contribution >= 0.6 is 0 Å². The molecule has 7 heteroatoms. The molecule has 0 spiro atoms. The monoisotopic (exact) mass is 267 g/mol. The molecule has 102 valence electrons. The number of esters is 1. The molecule has 1 atom stereocenters. The Morgan fingerprint density at radius 1 is 1.35 bits per heavy atom. The largest absolute Gasteiger partial charge is 0.469 e. The zero-order valence-corrected chi connectivity index (χ0v) is 11.5. The van der Waals surface area contributed by atoms with Crippen LogP contribution in [0.1, 0.15) is 20.3 Å². The van der Waals surface area contributed by atoms with Crippen LogP contribution in [0, 0.1) is 0 Å². The predicted octanol–water partition coefficient (Wildman–Crippen LogP) is -0.283. The van der Waals surface area contributed by atoms with E-state index < -0.39 is 27.4 Å². The minimum absolute atomic E-state index is 0.154. The Morgan fingerprint density at radius 2 is 1.88 bits per heavy atom. The van der Waals surface area contributed by atoms with Gasteiger partial charge in [0.25, 0.3) is 0 Å². The Balaban J connectivity index is 4.41. The standard InChI is InChI=1S/C10H21NO5S/c1-10(2,16-4)8(11)7-17(13,14)6-5-9(12)15-3/h8H,5-7,11H2,1-4H3. The summed E-state index contributed by atoms with van der Waals surface area (Å²) >= 11 is 0. The van der Waals surface area contributed by atoms with E-state index in [1.54, 1.807) is 13.8 Å². The van der Waals surface area contributed by atoms with E-state index in [4.69, 9.17) is 10.5 Å². The zero-order chi connectivity index (χ0) is 13.7. The number of hydrogen-bond donors (Lipinski definition) is 1. The molecule has 2 N–H and O–H groups in total. The van der Waals surface area contributed by atoms with Crippen molar-refractivity contribution in [3.05, 3.63) is 0 Å². The highest BCUT2D eigenvalue weighted by atomic mass is 32.2. The van der Waals surface area contributed by atoms with E-state index in [0.717, 1.165) is 0 Å². The molecule has 0 radical (unpaired) electrons. The first-order chi connectivity index (χ1) is 7.64. The third-order valence-electron chi connectivity index (χ3n) is 2.70. The Labute approximate surface area is 102 Å². The first kappa shape index (κ1) is 16.3. The van der Waals surface area contributed by atoms with Crippen molar-refractivity contribution < 1.29 is 22.7 Å². The third-order valence-corrected chi connectivity index (χ3v) is 4.39. The molecule has 0 heterocycles. The fraction of sp³-hybridized carbons (Fsp3) is 0.900. The quantitative estimate of drug-likeness (QED) is 0.637. The van der Waals surface area contributed by atoms with Crippen LogP contribution in [0.2, 0.25) is 0 Å². The van der Waals surface area contributed by atoms with E-state index in [-0.39, 0.29) is 17.9 Å². The molecule has 0 fully saturated rings. The van der Waals surface area contributed by atoms with Crippen molar-refractivity contribution in [1.29, 1.82) is 0 Å². The van der Waals surface area contributed by atoms with Crippen LogP contribution in [0.15, 0.2) is 0 Å². The van der Waals surface area contributed by atoms with E-state index in [9.17, 15) is 13.2 Å². The summed E-state index contributed by atoms with van der Waals surface area (Å²) in [5.74, 6) is -1.02. The SMILES string of the molecule is COC(=O)CCS(=O)(=O)CC(N)C(C)(C)OC. The second-order valence-electron chi connectivity index (χ2n) is 4.35. The highest BCUT2D eigenvalue weighted by molar-refractivity contribution is 7.91. The second-order valence-corrected chi connectivity index (χ2v) is 6.58. The normalized spacial score (nSPS) is 14.4. The smallest absolute Gasteiger partial charge is 0.306 e. The fourth-order valence-corrected chi connectivity index (χ4v) is 2.64. The lowest BCUT2D eigenvalue weighted by atomic mass is 10.0. The molecule has 0 aliphatic heterocycles.